The van der Waals surface area contributed by atoms with Crippen LogP contribution in [0.4, 0.5) is 4.79 Å². The third kappa shape index (κ3) is 5.14. The normalized spacial score (nSPS) is 9.33. The summed E-state index contributed by atoms with van der Waals surface area (Å²) in [7, 11) is 1.36. The first kappa shape index (κ1) is 8.27. The first-order valence-electron chi connectivity index (χ1n) is 2.98. The highest BCUT2D eigenvalue weighted by Gasteiger charge is 1.97. The zero-order chi connectivity index (χ0) is 7.28. The van der Waals surface area contributed by atoms with Crippen molar-refractivity contribution in [2.75, 3.05) is 13.7 Å². The van der Waals surface area contributed by atoms with Crippen LogP contribution >= 0.6 is 0 Å². The number of amides is 1. The van der Waals surface area contributed by atoms with E-state index in [0.29, 0.717) is 12.5 Å². The van der Waals surface area contributed by atoms with E-state index in [9.17, 15) is 4.79 Å². The van der Waals surface area contributed by atoms with Crippen LogP contribution in [0.25, 0.3) is 0 Å². The number of rotatable bonds is 2. The van der Waals surface area contributed by atoms with E-state index in [1.54, 1.807) is 0 Å². The summed E-state index contributed by atoms with van der Waals surface area (Å²) in [6.07, 6.45) is -0.358. The molecule has 0 heterocycles. The van der Waals surface area contributed by atoms with Crippen LogP contribution in [0.1, 0.15) is 13.8 Å². The van der Waals surface area contributed by atoms with E-state index in [4.69, 9.17) is 0 Å². The molecule has 0 bridgehead atoms. The van der Waals surface area contributed by atoms with Crippen molar-refractivity contribution in [2.24, 2.45) is 5.92 Å². The Morgan fingerprint density at radius 3 is 2.56 bits per heavy atom. The van der Waals surface area contributed by atoms with Crippen molar-refractivity contribution in [1.82, 2.24) is 5.32 Å². The van der Waals surface area contributed by atoms with Gasteiger partial charge in [0.2, 0.25) is 0 Å². The predicted molar refractivity (Wildman–Crippen MR) is 35.2 cm³/mol. The van der Waals surface area contributed by atoms with Crippen LogP contribution in [0.5, 0.6) is 0 Å². The van der Waals surface area contributed by atoms with Gasteiger partial charge in [-0.05, 0) is 5.92 Å². The van der Waals surface area contributed by atoms with E-state index in [1.807, 2.05) is 13.8 Å². The van der Waals surface area contributed by atoms with Gasteiger partial charge in [-0.2, -0.15) is 0 Å². The fraction of sp³-hybridized carbons (Fsp3) is 0.833. The molecule has 0 spiro atoms. The van der Waals surface area contributed by atoms with E-state index in [0.717, 1.165) is 0 Å². The second-order valence-corrected chi connectivity index (χ2v) is 2.27. The van der Waals surface area contributed by atoms with Gasteiger partial charge in [0, 0.05) is 6.54 Å². The van der Waals surface area contributed by atoms with Crippen LogP contribution in [-0.4, -0.2) is 19.7 Å². The van der Waals surface area contributed by atoms with E-state index < -0.39 is 0 Å². The summed E-state index contributed by atoms with van der Waals surface area (Å²) >= 11 is 0. The van der Waals surface area contributed by atoms with Crippen LogP contribution in [-0.2, 0) is 4.74 Å². The summed E-state index contributed by atoms with van der Waals surface area (Å²) < 4.78 is 4.35. The molecule has 0 saturated carbocycles. The van der Waals surface area contributed by atoms with E-state index >= 15 is 0 Å². The molecule has 54 valence electrons. The second kappa shape index (κ2) is 4.18. The molecular formula is C6H13NO2. The lowest BCUT2D eigenvalue weighted by atomic mass is 10.2. The average Bonchev–Trinajstić information content (AvgIpc) is 1.83. The zero-order valence-corrected chi connectivity index (χ0v) is 6.10. The van der Waals surface area contributed by atoms with Crippen LogP contribution < -0.4 is 5.32 Å². The Morgan fingerprint density at radius 1 is 1.67 bits per heavy atom. The van der Waals surface area contributed by atoms with E-state index in [-0.39, 0.29) is 6.09 Å². The maximum Gasteiger partial charge on any atom is 0.406 e. The molecule has 1 N–H and O–H groups in total. The molecule has 0 saturated heterocycles. The smallest absolute Gasteiger partial charge is 0.406 e. The van der Waals surface area contributed by atoms with Gasteiger partial charge in [0.1, 0.15) is 0 Å². The maximum absolute atomic E-state index is 10.4. The summed E-state index contributed by atoms with van der Waals surface area (Å²) in [5, 5.41) is 2.57. The van der Waals surface area contributed by atoms with Gasteiger partial charge >= 0.3 is 6.09 Å². The Kier molecular flexibility index (Phi) is 3.84. The summed E-state index contributed by atoms with van der Waals surface area (Å²) in [6, 6.07) is 0. The topological polar surface area (TPSA) is 38.3 Å². The third-order valence-electron chi connectivity index (χ3n) is 0.840. The number of nitrogens with one attached hydrogen (secondary N) is 1. The number of hydrogen-bond donors (Lipinski definition) is 1. The highest BCUT2D eigenvalue weighted by Crippen LogP contribution is 1.86. The fourth-order valence-electron chi connectivity index (χ4n) is 0.360. The lowest BCUT2D eigenvalue weighted by Crippen LogP contribution is -2.26. The van der Waals surface area contributed by atoms with Gasteiger partial charge in [-0.3, -0.25) is 0 Å². The Bertz CT molecular complexity index is 91.1. The van der Waals surface area contributed by atoms with Gasteiger partial charge in [-0.1, -0.05) is 13.8 Å². The summed E-state index contributed by atoms with van der Waals surface area (Å²) in [5.74, 6) is 0.476. The molecule has 1 amide bonds. The molecule has 0 aliphatic carbocycles. The first-order chi connectivity index (χ1) is 4.16. The highest BCUT2D eigenvalue weighted by molar-refractivity contribution is 5.66. The second-order valence-electron chi connectivity index (χ2n) is 2.27. The lowest BCUT2D eigenvalue weighted by Gasteiger charge is -2.04. The zero-order valence-electron chi connectivity index (χ0n) is 6.10. The number of carbonyl (C=O) groups excluding carboxylic acids is 1. The lowest BCUT2D eigenvalue weighted by molar-refractivity contribution is 0.169. The largest absolute Gasteiger partial charge is 0.453 e. The fourth-order valence-corrected chi connectivity index (χ4v) is 0.360. The molecule has 0 aliphatic heterocycles. The molecule has 0 atom stereocenters. The number of hydrogen-bond acceptors (Lipinski definition) is 2. The van der Waals surface area contributed by atoms with E-state index in [2.05, 4.69) is 10.1 Å². The minimum Gasteiger partial charge on any atom is -0.453 e. The average molecular weight is 131 g/mol. The van der Waals surface area contributed by atoms with Gasteiger partial charge in [0.05, 0.1) is 7.11 Å². The van der Waals surface area contributed by atoms with Crippen molar-refractivity contribution in [3.05, 3.63) is 0 Å². The van der Waals surface area contributed by atoms with Crippen molar-refractivity contribution in [2.45, 2.75) is 13.8 Å². The van der Waals surface area contributed by atoms with Crippen LogP contribution in [0.2, 0.25) is 0 Å². The van der Waals surface area contributed by atoms with Crippen molar-refractivity contribution >= 4 is 6.09 Å². The molecule has 3 heteroatoms. The molecule has 3 nitrogen and oxygen atoms in total. The van der Waals surface area contributed by atoms with Gasteiger partial charge in [0.15, 0.2) is 0 Å². The third-order valence-corrected chi connectivity index (χ3v) is 0.840. The number of ether oxygens (including phenoxy) is 1. The molecule has 0 aliphatic rings. The Morgan fingerprint density at radius 2 is 2.22 bits per heavy atom. The van der Waals surface area contributed by atoms with Gasteiger partial charge in [-0.15, -0.1) is 0 Å². The van der Waals surface area contributed by atoms with Crippen LogP contribution in [0, 0.1) is 5.92 Å². The minimum absolute atomic E-state index is 0.358. The number of methoxy groups -OCH3 is 1. The first-order valence-corrected chi connectivity index (χ1v) is 2.98. The van der Waals surface area contributed by atoms with Gasteiger partial charge in [0.25, 0.3) is 0 Å². The van der Waals surface area contributed by atoms with Crippen LogP contribution in [0.15, 0.2) is 0 Å². The van der Waals surface area contributed by atoms with Crippen molar-refractivity contribution in [3.63, 3.8) is 0 Å². The Balaban J connectivity index is 3.17. The number of carbonyl (C=O) groups is 1. The Hall–Kier alpha value is -0.730. The molecule has 0 radical (unpaired) electrons. The molecular weight excluding hydrogens is 118 g/mol. The molecule has 0 fully saturated rings. The maximum atomic E-state index is 10.4. The molecule has 9 heavy (non-hydrogen) atoms. The van der Waals surface area contributed by atoms with Crippen molar-refractivity contribution in [3.8, 4) is 0 Å². The van der Waals surface area contributed by atoms with Crippen molar-refractivity contribution in [1.29, 1.82) is 0 Å². The standard InChI is InChI=1S/C6H13NO2/c1-5(2)4-7-6(8)9-3/h5H,4H2,1-3H3,(H,7,8). The molecule has 0 unspecified atom stereocenters. The van der Waals surface area contributed by atoms with E-state index in [1.165, 1.54) is 7.11 Å². The quantitative estimate of drug-likeness (QED) is 0.607. The highest BCUT2D eigenvalue weighted by atomic mass is 16.5. The predicted octanol–water partition coefficient (Wildman–Crippen LogP) is 0.998. The minimum atomic E-state index is -0.358. The summed E-state index contributed by atoms with van der Waals surface area (Å²) in [4.78, 5) is 10.4. The Labute approximate surface area is 55.4 Å². The SMILES string of the molecule is COC(=O)NCC(C)C. The molecule has 0 rings (SSSR count). The van der Waals surface area contributed by atoms with Gasteiger partial charge < -0.3 is 10.1 Å². The monoisotopic (exact) mass is 131 g/mol. The summed E-state index contributed by atoms with van der Waals surface area (Å²) in [5.41, 5.74) is 0. The molecule has 0 aromatic carbocycles. The summed E-state index contributed by atoms with van der Waals surface area (Å²) in [6.45, 7) is 4.72. The molecule has 0 aromatic rings. The van der Waals surface area contributed by atoms with Crippen LogP contribution in [0.3, 0.4) is 0 Å². The number of alkyl carbamates (subject to hydrolysis) is 1. The molecule has 0 aromatic heterocycles. The van der Waals surface area contributed by atoms with Crippen molar-refractivity contribution < 1.29 is 9.53 Å². The van der Waals surface area contributed by atoms with Gasteiger partial charge in [-0.25, -0.2) is 4.79 Å².